The Morgan fingerprint density at radius 2 is 1.97 bits per heavy atom. The van der Waals surface area contributed by atoms with Gasteiger partial charge in [0.1, 0.15) is 6.07 Å². The number of rotatable bonds is 4. The smallest absolute Gasteiger partial charge is 0.465 e. The van der Waals surface area contributed by atoms with Crippen LogP contribution in [0.15, 0.2) is 53.5 Å². The van der Waals surface area contributed by atoms with E-state index in [1.54, 1.807) is 24.3 Å². The maximum atomic E-state index is 14.0. The average Bonchev–Trinajstić information content (AvgIpc) is 3.44. The Hall–Kier alpha value is -4.70. The average molecular weight is 510 g/mol. The number of carboxylic acid groups (broad SMARTS) is 1. The standard InChI is InChI=1S/C23H13F3N6O3S/c24-23(25,26)32-19(20-15(8-27)12-3-1-2-4-18(12)36-20)16(9-29-32)11-5-6-13-14(7-11)17(10-28-22(34)35)30-31-21(13)33/h1-7,9,28H,10H2,(H,31,33)(H,34,35). The number of alkyl halides is 3. The summed E-state index contributed by atoms with van der Waals surface area (Å²) in [4.78, 5) is 23.3. The molecule has 0 radical (unpaired) electrons. The van der Waals surface area contributed by atoms with Crippen LogP contribution in [0.4, 0.5) is 18.0 Å². The number of benzene rings is 2. The molecule has 0 atom stereocenters. The van der Waals surface area contributed by atoms with E-state index in [9.17, 15) is 28.0 Å². The van der Waals surface area contributed by atoms with E-state index >= 15 is 0 Å². The number of aromatic nitrogens is 4. The summed E-state index contributed by atoms with van der Waals surface area (Å²) < 4.78 is 42.6. The highest BCUT2D eigenvalue weighted by Gasteiger charge is 2.37. The molecular formula is C23H13F3N6O3S. The molecule has 3 heterocycles. The topological polar surface area (TPSA) is 137 Å². The summed E-state index contributed by atoms with van der Waals surface area (Å²) >= 11 is 1.04. The second-order valence-electron chi connectivity index (χ2n) is 7.62. The Balaban J connectivity index is 1.79. The lowest BCUT2D eigenvalue weighted by molar-refractivity contribution is -0.210. The quantitative estimate of drug-likeness (QED) is 0.318. The van der Waals surface area contributed by atoms with Crippen LogP contribution in [0.2, 0.25) is 0 Å². The third kappa shape index (κ3) is 3.83. The lowest BCUT2D eigenvalue weighted by Gasteiger charge is -2.12. The Morgan fingerprint density at radius 3 is 2.69 bits per heavy atom. The third-order valence-corrected chi connectivity index (χ3v) is 6.69. The fourth-order valence-corrected chi connectivity index (χ4v) is 5.17. The van der Waals surface area contributed by atoms with Crippen LogP contribution < -0.4 is 10.9 Å². The van der Waals surface area contributed by atoms with Crippen LogP contribution in [-0.4, -0.2) is 31.2 Å². The van der Waals surface area contributed by atoms with Crippen molar-refractivity contribution in [3.05, 3.63) is 70.3 Å². The molecule has 0 fully saturated rings. The molecule has 0 bridgehead atoms. The van der Waals surface area contributed by atoms with Gasteiger partial charge in [-0.05, 0) is 23.8 Å². The molecule has 0 spiro atoms. The van der Waals surface area contributed by atoms with Gasteiger partial charge < -0.3 is 10.4 Å². The first-order chi connectivity index (χ1) is 17.2. The van der Waals surface area contributed by atoms with Crippen LogP contribution in [0.5, 0.6) is 0 Å². The summed E-state index contributed by atoms with van der Waals surface area (Å²) in [7, 11) is 0. The molecule has 180 valence electrons. The maximum Gasteiger partial charge on any atom is 0.505 e. The van der Waals surface area contributed by atoms with Gasteiger partial charge in [0.2, 0.25) is 0 Å². The summed E-state index contributed by atoms with van der Waals surface area (Å²) in [5.74, 6) is 0. The van der Waals surface area contributed by atoms with Gasteiger partial charge in [-0.2, -0.15) is 20.1 Å². The molecule has 0 aliphatic heterocycles. The molecule has 13 heteroatoms. The van der Waals surface area contributed by atoms with Crippen molar-refractivity contribution in [3.63, 3.8) is 0 Å². The Morgan fingerprint density at radius 1 is 1.19 bits per heavy atom. The summed E-state index contributed by atoms with van der Waals surface area (Å²) in [6.45, 7) is -0.240. The first-order valence-corrected chi connectivity index (χ1v) is 11.1. The van der Waals surface area contributed by atoms with Crippen molar-refractivity contribution in [2.75, 3.05) is 0 Å². The number of hydrogen-bond acceptors (Lipinski definition) is 6. The van der Waals surface area contributed by atoms with Crippen LogP contribution in [0.3, 0.4) is 0 Å². The number of hydrogen-bond donors (Lipinski definition) is 3. The number of amides is 1. The fourth-order valence-electron chi connectivity index (χ4n) is 3.97. The van der Waals surface area contributed by atoms with E-state index in [-0.39, 0.29) is 55.0 Å². The van der Waals surface area contributed by atoms with Gasteiger partial charge in [-0.3, -0.25) is 4.79 Å². The zero-order chi connectivity index (χ0) is 25.6. The lowest BCUT2D eigenvalue weighted by atomic mass is 9.99. The third-order valence-electron chi connectivity index (χ3n) is 5.52. The number of fused-ring (bicyclic) bond motifs is 2. The van der Waals surface area contributed by atoms with E-state index in [1.165, 1.54) is 18.2 Å². The molecule has 2 aromatic carbocycles. The van der Waals surface area contributed by atoms with E-state index < -0.39 is 18.0 Å². The van der Waals surface area contributed by atoms with Gasteiger partial charge in [-0.25, -0.2) is 9.89 Å². The van der Waals surface area contributed by atoms with Gasteiger partial charge in [0.25, 0.3) is 5.56 Å². The molecule has 0 unspecified atom stereocenters. The number of nitrogens with zero attached hydrogens (tertiary/aromatic N) is 4. The number of carbonyl (C=O) groups is 1. The summed E-state index contributed by atoms with van der Waals surface area (Å²) in [5.41, 5.74) is -0.236. The highest BCUT2D eigenvalue weighted by molar-refractivity contribution is 7.22. The Kier molecular flexibility index (Phi) is 5.45. The number of halogens is 3. The van der Waals surface area contributed by atoms with Crippen molar-refractivity contribution < 1.29 is 23.1 Å². The van der Waals surface area contributed by atoms with E-state index in [4.69, 9.17) is 5.11 Å². The van der Waals surface area contributed by atoms with Crippen molar-refractivity contribution in [1.82, 2.24) is 25.3 Å². The van der Waals surface area contributed by atoms with Crippen molar-refractivity contribution >= 4 is 38.3 Å². The minimum Gasteiger partial charge on any atom is -0.465 e. The highest BCUT2D eigenvalue weighted by Crippen LogP contribution is 2.45. The van der Waals surface area contributed by atoms with Crippen LogP contribution in [-0.2, 0) is 12.8 Å². The Labute approximate surface area is 203 Å². The van der Waals surface area contributed by atoms with Gasteiger partial charge in [0.15, 0.2) is 0 Å². The van der Waals surface area contributed by atoms with Crippen LogP contribution in [0, 0.1) is 11.3 Å². The molecule has 3 N–H and O–H groups in total. The normalized spacial score (nSPS) is 11.6. The molecular weight excluding hydrogens is 497 g/mol. The van der Waals surface area contributed by atoms with Gasteiger partial charge >= 0.3 is 12.4 Å². The summed E-state index contributed by atoms with van der Waals surface area (Å²) in [5, 5.41) is 31.6. The van der Waals surface area contributed by atoms with E-state index in [1.807, 2.05) is 6.07 Å². The summed E-state index contributed by atoms with van der Waals surface area (Å²) in [6.07, 6.45) is -5.14. The largest absolute Gasteiger partial charge is 0.505 e. The van der Waals surface area contributed by atoms with Crippen LogP contribution >= 0.6 is 11.3 Å². The molecule has 9 nitrogen and oxygen atoms in total. The Bertz CT molecular complexity index is 1760. The predicted molar refractivity (Wildman–Crippen MR) is 125 cm³/mol. The molecule has 36 heavy (non-hydrogen) atoms. The molecule has 0 aliphatic rings. The molecule has 5 rings (SSSR count). The molecule has 0 saturated carbocycles. The van der Waals surface area contributed by atoms with E-state index in [2.05, 4.69) is 20.6 Å². The van der Waals surface area contributed by atoms with E-state index in [0.29, 0.717) is 10.1 Å². The SMILES string of the molecule is N#Cc1c(-c2c(-c3ccc4c(=O)[nH]nc(CNC(=O)O)c4c3)cnn2C(F)(F)F)sc2ccccc12. The highest BCUT2D eigenvalue weighted by atomic mass is 32.1. The van der Waals surface area contributed by atoms with Crippen LogP contribution in [0.25, 0.3) is 42.6 Å². The van der Waals surface area contributed by atoms with Crippen molar-refractivity contribution in [1.29, 1.82) is 5.26 Å². The number of thiophene rings is 1. The first-order valence-electron chi connectivity index (χ1n) is 10.2. The van der Waals surface area contributed by atoms with Crippen molar-refractivity contribution in [3.8, 4) is 27.8 Å². The van der Waals surface area contributed by atoms with Gasteiger partial charge in [-0.15, -0.1) is 24.5 Å². The van der Waals surface area contributed by atoms with Gasteiger partial charge in [0.05, 0.1) is 40.0 Å². The molecule has 0 saturated heterocycles. The minimum absolute atomic E-state index is 0.0784. The summed E-state index contributed by atoms with van der Waals surface area (Å²) in [6, 6.07) is 13.2. The monoisotopic (exact) mass is 510 g/mol. The van der Waals surface area contributed by atoms with Gasteiger partial charge in [0, 0.05) is 21.0 Å². The molecule has 3 aromatic heterocycles. The second-order valence-corrected chi connectivity index (χ2v) is 8.67. The maximum absolute atomic E-state index is 14.0. The molecule has 1 amide bonds. The predicted octanol–water partition coefficient (Wildman–Crippen LogP) is 4.78. The minimum atomic E-state index is -4.87. The molecule has 0 aliphatic carbocycles. The number of aromatic amines is 1. The zero-order valence-corrected chi connectivity index (χ0v) is 18.7. The van der Waals surface area contributed by atoms with Crippen LogP contribution in [0.1, 0.15) is 11.3 Å². The lowest BCUT2D eigenvalue weighted by Crippen LogP contribution is -2.22. The second kappa shape index (κ2) is 8.51. The number of H-pyrrole nitrogens is 1. The fraction of sp³-hybridized carbons (Fsp3) is 0.0870. The number of nitriles is 1. The first kappa shape index (κ1) is 23.1. The van der Waals surface area contributed by atoms with Gasteiger partial charge in [-0.1, -0.05) is 24.3 Å². The van der Waals surface area contributed by atoms with Crippen molar-refractivity contribution in [2.24, 2.45) is 0 Å². The number of nitrogens with one attached hydrogen (secondary N) is 2. The van der Waals surface area contributed by atoms with E-state index in [0.717, 1.165) is 17.5 Å². The molecule has 5 aromatic rings. The zero-order valence-electron chi connectivity index (χ0n) is 17.9. The van der Waals surface area contributed by atoms with Crippen molar-refractivity contribution in [2.45, 2.75) is 12.8 Å².